The summed E-state index contributed by atoms with van der Waals surface area (Å²) in [6, 6.07) is 12.4. The van der Waals surface area contributed by atoms with E-state index in [1.54, 1.807) is 0 Å². The molecule has 0 spiro atoms. The highest BCUT2D eigenvalue weighted by atomic mass is 32.2. The first-order valence-electron chi connectivity index (χ1n) is 15.2. The van der Waals surface area contributed by atoms with E-state index in [0.29, 0.717) is 24.3 Å². The second-order valence-corrected chi connectivity index (χ2v) is 19.6. The molecule has 6 rings (SSSR count). The van der Waals surface area contributed by atoms with Gasteiger partial charge in [0.1, 0.15) is 21.3 Å². The van der Waals surface area contributed by atoms with Gasteiger partial charge in [-0.15, -0.1) is 0 Å². The maximum atomic E-state index is 14.4. The summed E-state index contributed by atoms with van der Waals surface area (Å²) in [6.07, 6.45) is 0. The van der Waals surface area contributed by atoms with Gasteiger partial charge in [-0.05, 0) is 95.7 Å². The number of benzene rings is 6. The van der Waals surface area contributed by atoms with Gasteiger partial charge in [-0.2, -0.15) is 33.7 Å². The molecule has 0 aromatic heterocycles. The standard InChI is InChI=1S/C34H22O18S5/c35-21-1-7-29(27(15-21)33(37)19-9-17-11-23(54(41,42)43)3-5-25(17)31(13-19)56(47,48)49)53(39,40)30-8-2-22(36)16-28(30)34(38)20-10-18-12-24(55(44,45)46)4-6-26(18)32(14-20)57(50,51)52/h1-16,35-36H,(H,41,42,43)(H,44,45,46)(H,47,48,49)(H,50,51,52). The SMILES string of the molecule is O=C(c1cc(S(=O)(=O)O)c2ccc(S(=O)(=O)O)cc2c1)c1cc(O)ccc1S(=O)(=O)c1ccc(O)cc1C(=O)c1cc(S(=O)(=O)O)c2ccc(S(=O)(=O)O)cc2c1. The van der Waals surface area contributed by atoms with Gasteiger partial charge < -0.3 is 10.2 Å². The van der Waals surface area contributed by atoms with Crippen LogP contribution in [-0.2, 0) is 50.3 Å². The van der Waals surface area contributed by atoms with Crippen LogP contribution in [0.1, 0.15) is 31.8 Å². The number of carbonyl (C=O) groups is 2. The molecule has 0 fully saturated rings. The number of rotatable bonds is 10. The van der Waals surface area contributed by atoms with Crippen molar-refractivity contribution in [1.82, 2.24) is 0 Å². The summed E-state index contributed by atoms with van der Waals surface area (Å²) in [7, 11) is -25.3. The molecule has 0 aliphatic heterocycles. The molecule has 0 heterocycles. The molecule has 0 bridgehead atoms. The lowest BCUT2D eigenvalue weighted by Gasteiger charge is -2.15. The number of fused-ring (bicyclic) bond motifs is 2. The molecular weight excluding hydrogens is 857 g/mol. The summed E-state index contributed by atoms with van der Waals surface area (Å²) < 4.78 is 164. The Balaban J connectivity index is 1.56. The highest BCUT2D eigenvalue weighted by Gasteiger charge is 2.32. The third-order valence-corrected chi connectivity index (χ3v) is 13.8. The normalized spacial score (nSPS) is 12.8. The Kier molecular flexibility index (Phi) is 9.92. The van der Waals surface area contributed by atoms with Crippen molar-refractivity contribution in [2.75, 3.05) is 0 Å². The second kappa shape index (κ2) is 13.8. The largest absolute Gasteiger partial charge is 0.508 e. The van der Waals surface area contributed by atoms with Gasteiger partial charge in [0.05, 0.1) is 19.6 Å². The van der Waals surface area contributed by atoms with Crippen LogP contribution in [0.25, 0.3) is 21.5 Å². The number of sulfone groups is 1. The molecule has 6 aromatic carbocycles. The molecule has 0 aliphatic carbocycles. The molecule has 6 aromatic rings. The highest BCUT2D eigenvalue weighted by Crippen LogP contribution is 2.36. The van der Waals surface area contributed by atoms with Gasteiger partial charge in [0.2, 0.25) is 9.84 Å². The Morgan fingerprint density at radius 3 is 1.05 bits per heavy atom. The fourth-order valence-electron chi connectivity index (χ4n) is 5.92. The third kappa shape index (κ3) is 7.87. The average Bonchev–Trinajstić information content (AvgIpc) is 3.10. The van der Waals surface area contributed by atoms with Crippen molar-refractivity contribution in [2.24, 2.45) is 0 Å². The lowest BCUT2D eigenvalue weighted by molar-refractivity contribution is 0.102. The summed E-state index contributed by atoms with van der Waals surface area (Å²) >= 11 is 0. The maximum Gasteiger partial charge on any atom is 0.295 e. The number of hydrogen-bond acceptors (Lipinski definition) is 14. The van der Waals surface area contributed by atoms with E-state index in [4.69, 9.17) is 0 Å². The van der Waals surface area contributed by atoms with E-state index < -0.39 is 125 Å². The van der Waals surface area contributed by atoms with Crippen LogP contribution in [0.15, 0.2) is 126 Å². The summed E-state index contributed by atoms with van der Waals surface area (Å²) in [6.45, 7) is 0. The quantitative estimate of drug-likeness (QED) is 0.0844. The molecule has 0 radical (unpaired) electrons. The molecular formula is C34H22O18S5. The van der Waals surface area contributed by atoms with E-state index in [2.05, 4.69) is 0 Å². The van der Waals surface area contributed by atoms with Crippen LogP contribution in [0.4, 0.5) is 0 Å². The molecule has 0 unspecified atom stereocenters. The topological polar surface area (TPSA) is 326 Å². The van der Waals surface area contributed by atoms with Gasteiger partial charge in [0.25, 0.3) is 40.5 Å². The van der Waals surface area contributed by atoms with Crippen molar-refractivity contribution in [1.29, 1.82) is 0 Å². The van der Waals surface area contributed by atoms with E-state index in [1.165, 1.54) is 0 Å². The number of carbonyl (C=O) groups excluding carboxylic acids is 2. The van der Waals surface area contributed by atoms with Gasteiger partial charge in [0, 0.05) is 33.0 Å². The molecule has 0 saturated carbocycles. The number of ketones is 2. The van der Waals surface area contributed by atoms with Gasteiger partial charge in [-0.3, -0.25) is 27.8 Å². The van der Waals surface area contributed by atoms with Crippen LogP contribution in [-0.4, -0.2) is 82.1 Å². The van der Waals surface area contributed by atoms with Crippen molar-refractivity contribution < 1.29 is 80.1 Å². The molecule has 6 N–H and O–H groups in total. The van der Waals surface area contributed by atoms with E-state index in [0.717, 1.165) is 72.8 Å². The summed E-state index contributed by atoms with van der Waals surface area (Å²) in [5.74, 6) is -4.10. The highest BCUT2D eigenvalue weighted by molar-refractivity contribution is 7.91. The first-order valence-corrected chi connectivity index (χ1v) is 22.5. The van der Waals surface area contributed by atoms with Gasteiger partial charge in [0.15, 0.2) is 11.6 Å². The number of phenols is 2. The minimum atomic E-state index is -5.18. The molecule has 296 valence electrons. The molecule has 23 heteroatoms. The van der Waals surface area contributed by atoms with Crippen molar-refractivity contribution in [3.05, 3.63) is 119 Å². The summed E-state index contributed by atoms with van der Waals surface area (Å²) in [4.78, 5) is 22.9. The summed E-state index contributed by atoms with van der Waals surface area (Å²) in [5.41, 5.74) is -3.12. The molecule has 0 saturated heterocycles. The Labute approximate surface area is 322 Å². The van der Waals surface area contributed by atoms with Crippen LogP contribution < -0.4 is 0 Å². The fourth-order valence-corrected chi connectivity index (χ4v) is 10.0. The summed E-state index contributed by atoms with van der Waals surface area (Å²) in [5, 5.41) is 19.3. The smallest absolute Gasteiger partial charge is 0.295 e. The first-order chi connectivity index (χ1) is 26.2. The van der Waals surface area contributed by atoms with E-state index in [9.17, 15) is 80.1 Å². The molecule has 0 aliphatic rings. The average molecular weight is 879 g/mol. The zero-order valence-corrected chi connectivity index (χ0v) is 31.9. The molecule has 0 atom stereocenters. The van der Waals surface area contributed by atoms with Crippen molar-refractivity contribution in [3.8, 4) is 11.5 Å². The number of hydrogen-bond donors (Lipinski definition) is 6. The maximum absolute atomic E-state index is 14.4. The van der Waals surface area contributed by atoms with Gasteiger partial charge >= 0.3 is 0 Å². The van der Waals surface area contributed by atoms with Crippen molar-refractivity contribution in [3.63, 3.8) is 0 Å². The Morgan fingerprint density at radius 1 is 0.386 bits per heavy atom. The fraction of sp³-hybridized carbons (Fsp3) is 0. The minimum absolute atomic E-state index is 0.322. The predicted octanol–water partition coefficient (Wildman–Crippen LogP) is 3.69. The van der Waals surface area contributed by atoms with E-state index in [-0.39, 0.29) is 21.5 Å². The minimum Gasteiger partial charge on any atom is -0.508 e. The Bertz CT molecular complexity index is 3140. The van der Waals surface area contributed by atoms with E-state index >= 15 is 0 Å². The molecule has 57 heavy (non-hydrogen) atoms. The van der Waals surface area contributed by atoms with Crippen LogP contribution in [0, 0.1) is 0 Å². The molecule has 0 amide bonds. The lowest BCUT2D eigenvalue weighted by Crippen LogP contribution is -2.15. The first kappa shape index (κ1) is 41.0. The van der Waals surface area contributed by atoms with Crippen LogP contribution in [0.3, 0.4) is 0 Å². The van der Waals surface area contributed by atoms with Gasteiger partial charge in [-0.25, -0.2) is 8.42 Å². The zero-order valence-electron chi connectivity index (χ0n) is 27.9. The Hall–Kier alpha value is -5.63. The van der Waals surface area contributed by atoms with Crippen LogP contribution >= 0.6 is 0 Å². The van der Waals surface area contributed by atoms with Crippen molar-refractivity contribution >= 4 is 83.4 Å². The predicted molar refractivity (Wildman–Crippen MR) is 196 cm³/mol. The number of phenolic OH excluding ortho intramolecular Hbond substituents is 2. The third-order valence-electron chi connectivity index (χ3n) is 8.44. The van der Waals surface area contributed by atoms with Crippen LogP contribution in [0.5, 0.6) is 11.5 Å². The number of aromatic hydroxyl groups is 2. The van der Waals surface area contributed by atoms with E-state index in [1.807, 2.05) is 0 Å². The van der Waals surface area contributed by atoms with Crippen molar-refractivity contribution in [2.45, 2.75) is 29.4 Å². The Morgan fingerprint density at radius 2 is 0.737 bits per heavy atom. The monoisotopic (exact) mass is 878 g/mol. The zero-order chi connectivity index (χ0) is 42.2. The lowest BCUT2D eigenvalue weighted by atomic mass is 9.99. The second-order valence-electron chi connectivity index (χ2n) is 12.1. The van der Waals surface area contributed by atoms with Crippen LogP contribution in [0.2, 0.25) is 0 Å². The molecule has 18 nitrogen and oxygen atoms in total. The van der Waals surface area contributed by atoms with Gasteiger partial charge in [-0.1, -0.05) is 12.1 Å².